The van der Waals surface area contributed by atoms with Crippen molar-refractivity contribution in [3.63, 3.8) is 0 Å². The van der Waals surface area contributed by atoms with Crippen LogP contribution in [0, 0.1) is 5.92 Å². The van der Waals surface area contributed by atoms with Gasteiger partial charge in [-0.2, -0.15) is 0 Å². The summed E-state index contributed by atoms with van der Waals surface area (Å²) in [7, 11) is 2.00. The highest BCUT2D eigenvalue weighted by molar-refractivity contribution is 6.12. The van der Waals surface area contributed by atoms with Gasteiger partial charge in [0.2, 0.25) is 0 Å². The van der Waals surface area contributed by atoms with Crippen LogP contribution >= 0.6 is 0 Å². The lowest BCUT2D eigenvalue weighted by Gasteiger charge is -2.07. The minimum atomic E-state index is -0.153. The zero-order chi connectivity index (χ0) is 8.59. The summed E-state index contributed by atoms with van der Waals surface area (Å²) < 4.78 is 7.57. The quantitative estimate of drug-likeness (QED) is 0.499. The Bertz CT molecular complexity index is 176. The molecule has 10 heavy (non-hydrogen) atoms. The molecule has 1 fully saturated rings. The molecule has 1 rings (SSSR count). The van der Waals surface area contributed by atoms with Gasteiger partial charge in [-0.25, -0.2) is 0 Å². The first-order valence-electron chi connectivity index (χ1n) is 4.26. The van der Waals surface area contributed by atoms with Gasteiger partial charge in [0.1, 0.15) is 15.0 Å². The molecular weight excluding hydrogens is 125 g/mol. The molecule has 0 saturated carbocycles. The first-order chi connectivity index (χ1) is 5.04. The van der Waals surface area contributed by atoms with E-state index in [4.69, 9.17) is 1.41 Å². The number of hydrogen-bond donors (Lipinski definition) is 1. The van der Waals surface area contributed by atoms with Crippen molar-refractivity contribution < 1.29 is 6.21 Å². The Balaban J connectivity index is 2.67. The Morgan fingerprint density at radius 1 is 1.90 bits per heavy atom. The van der Waals surface area contributed by atoms with Crippen molar-refractivity contribution in [1.82, 2.24) is 5.31 Å². The van der Waals surface area contributed by atoms with Gasteiger partial charge in [-0.1, -0.05) is 6.92 Å². The van der Waals surface area contributed by atoms with Crippen molar-refractivity contribution in [3.8, 4) is 0 Å². The van der Waals surface area contributed by atoms with Gasteiger partial charge in [-0.3, -0.25) is 4.79 Å². The molecule has 3 atom stereocenters. The molecule has 2 unspecified atom stereocenters. The zero-order valence-electron chi connectivity index (χ0n) is 7.79. The number of nitrogens with one attached hydrogen (secondary N) is 1. The Morgan fingerprint density at radius 2 is 2.50 bits per heavy atom. The average Bonchev–Trinajstić information content (AvgIpc) is 2.17. The number of carbonyl (C=O) groups is 1. The molecule has 56 valence electrons. The van der Waals surface area contributed by atoms with Crippen LogP contribution in [0.15, 0.2) is 0 Å². The monoisotopic (exact) mass is 140 g/mol. The van der Waals surface area contributed by atoms with E-state index in [9.17, 15) is 4.79 Å². The highest BCUT2D eigenvalue weighted by Crippen LogP contribution is 2.17. The number of Topliss-reactive ketones (excluding diaryl/α,β-unsaturated/α-hetero) is 1. The minimum absolute atomic E-state index is 0.121. The largest absolute Gasteiger partial charge is 0.312 e. The van der Waals surface area contributed by atoms with Gasteiger partial charge in [0.15, 0.2) is 0 Å². The van der Waals surface area contributed by atoms with E-state index in [2.05, 4.69) is 6.92 Å². The molecule has 1 aliphatic rings. The maximum atomic E-state index is 11.0. The molecular formula is C7H14BNO. The molecule has 2 nitrogen and oxygen atoms in total. The van der Waals surface area contributed by atoms with Crippen molar-refractivity contribution in [2.24, 2.45) is 5.92 Å². The van der Waals surface area contributed by atoms with E-state index < -0.39 is 0 Å². The predicted octanol–water partition coefficient (Wildman–Crippen LogP) is -0.467. The van der Waals surface area contributed by atoms with Crippen molar-refractivity contribution in [2.45, 2.75) is 32.3 Å². The van der Waals surface area contributed by atoms with E-state index in [1.165, 1.54) is 5.31 Å². The molecule has 1 N–H and O–H groups in total. The summed E-state index contributed by atoms with van der Waals surface area (Å²) in [5, 5.41) is 1.44. The third kappa shape index (κ3) is 1.40. The molecule has 0 aliphatic carbocycles. The molecule has 1 saturated heterocycles. The molecule has 1 aliphatic heterocycles. The Labute approximate surface area is 64.2 Å². The van der Waals surface area contributed by atoms with E-state index in [0.717, 1.165) is 6.42 Å². The van der Waals surface area contributed by atoms with Crippen LogP contribution in [0.2, 0.25) is 1.41 Å². The maximum absolute atomic E-state index is 11.0. The third-order valence-electron chi connectivity index (χ3n) is 2.30. The van der Waals surface area contributed by atoms with Crippen LogP contribution in [-0.2, 0) is 4.79 Å². The van der Waals surface area contributed by atoms with Crippen LogP contribution < -0.4 is 5.31 Å². The van der Waals surface area contributed by atoms with Crippen molar-refractivity contribution in [2.75, 3.05) is 0 Å². The van der Waals surface area contributed by atoms with Crippen LogP contribution in [0.5, 0.6) is 0 Å². The SMILES string of the molecule is [2H]N1C(B)C(C)C[C@H]1C(C)=O. The fourth-order valence-corrected chi connectivity index (χ4v) is 1.31. The lowest BCUT2D eigenvalue weighted by Crippen LogP contribution is -2.35. The minimum Gasteiger partial charge on any atom is -0.312 e. The molecule has 1 heterocycles. The number of carbonyl (C=O) groups excluding carboxylic acids is 1. The molecule has 0 aromatic carbocycles. The lowest BCUT2D eigenvalue weighted by atomic mass is 9.86. The smallest absolute Gasteiger partial charge is 0.146 e. The van der Waals surface area contributed by atoms with Gasteiger partial charge in [0, 0.05) is 0 Å². The number of rotatable bonds is 1. The Hall–Kier alpha value is -0.305. The van der Waals surface area contributed by atoms with E-state index in [1.807, 2.05) is 7.85 Å². The van der Waals surface area contributed by atoms with E-state index in [0.29, 0.717) is 5.92 Å². The van der Waals surface area contributed by atoms with Crippen LogP contribution in [-0.4, -0.2) is 25.6 Å². The van der Waals surface area contributed by atoms with Gasteiger partial charge in [0.05, 0.1) is 6.04 Å². The number of hydrogen-bond acceptors (Lipinski definition) is 2. The number of ketones is 1. The Kier molecular flexibility index (Phi) is 1.76. The summed E-state index contributed by atoms with van der Waals surface area (Å²) >= 11 is 0. The zero-order valence-corrected chi connectivity index (χ0v) is 6.79. The van der Waals surface area contributed by atoms with Crippen LogP contribution in [0.1, 0.15) is 20.3 Å². The molecule has 0 aromatic rings. The van der Waals surface area contributed by atoms with E-state index >= 15 is 0 Å². The molecule has 0 amide bonds. The second-order valence-electron chi connectivity index (χ2n) is 3.23. The summed E-state index contributed by atoms with van der Waals surface area (Å²) in [6.07, 6.45) is 0.847. The van der Waals surface area contributed by atoms with Gasteiger partial charge in [0.25, 0.3) is 0 Å². The molecule has 0 bridgehead atoms. The maximum Gasteiger partial charge on any atom is 0.146 e. The fourth-order valence-electron chi connectivity index (χ4n) is 1.31. The first kappa shape index (κ1) is 6.41. The summed E-state index contributed by atoms with van der Waals surface area (Å²) in [5.41, 5.74) is 0. The average molecular weight is 140 g/mol. The van der Waals surface area contributed by atoms with Gasteiger partial charge in [-0.05, 0) is 25.2 Å². The van der Waals surface area contributed by atoms with Crippen LogP contribution in [0.4, 0.5) is 0 Å². The van der Waals surface area contributed by atoms with Crippen molar-refractivity contribution >= 4 is 13.6 Å². The van der Waals surface area contributed by atoms with Crippen LogP contribution in [0.3, 0.4) is 0 Å². The normalized spacial score (nSPS) is 43.4. The van der Waals surface area contributed by atoms with Gasteiger partial charge < -0.3 is 5.31 Å². The molecule has 3 heteroatoms. The highest BCUT2D eigenvalue weighted by atomic mass is 16.1. The molecule has 0 radical (unpaired) electrons. The second-order valence-corrected chi connectivity index (χ2v) is 3.23. The first-order valence-corrected chi connectivity index (χ1v) is 3.81. The van der Waals surface area contributed by atoms with Crippen LogP contribution in [0.25, 0.3) is 0 Å². The van der Waals surface area contributed by atoms with Crippen molar-refractivity contribution in [1.29, 1.82) is 0 Å². The van der Waals surface area contributed by atoms with E-state index in [1.54, 1.807) is 6.92 Å². The second kappa shape index (κ2) is 2.75. The predicted molar refractivity (Wildman–Crippen MR) is 43.7 cm³/mol. The molecule has 0 aromatic heterocycles. The van der Waals surface area contributed by atoms with Gasteiger partial charge >= 0.3 is 0 Å². The van der Waals surface area contributed by atoms with Crippen molar-refractivity contribution in [3.05, 3.63) is 0 Å². The van der Waals surface area contributed by atoms with E-state index in [-0.39, 0.29) is 17.8 Å². The summed E-state index contributed by atoms with van der Waals surface area (Å²) in [6, 6.07) is -0.153. The standard InChI is InChI=1S/C7H14BNO/c1-4-3-6(5(2)10)9-7(4)8/h4,6-7,9H,3,8H2,1-2H3/t4?,6-,7?/m0/s1/i/hD. The summed E-state index contributed by atoms with van der Waals surface area (Å²) in [4.78, 5) is 11.0. The summed E-state index contributed by atoms with van der Waals surface area (Å²) in [6.45, 7) is 3.66. The summed E-state index contributed by atoms with van der Waals surface area (Å²) in [5.74, 6) is 0.821. The molecule has 0 spiro atoms. The lowest BCUT2D eigenvalue weighted by molar-refractivity contribution is -0.118. The Morgan fingerprint density at radius 3 is 2.70 bits per heavy atom. The van der Waals surface area contributed by atoms with Gasteiger partial charge in [-0.15, -0.1) is 0 Å². The highest BCUT2D eigenvalue weighted by Gasteiger charge is 2.29. The fraction of sp³-hybridized carbons (Fsp3) is 0.857. The third-order valence-corrected chi connectivity index (χ3v) is 2.30. The topological polar surface area (TPSA) is 29.1 Å².